The zero-order valence-corrected chi connectivity index (χ0v) is 12.8. The first-order valence-corrected chi connectivity index (χ1v) is 7.50. The molecule has 3 N–H and O–H groups in total. The maximum absolute atomic E-state index is 12.5. The van der Waals surface area contributed by atoms with Gasteiger partial charge in [0.05, 0.1) is 12.6 Å². The summed E-state index contributed by atoms with van der Waals surface area (Å²) in [7, 11) is 0. The quantitative estimate of drug-likeness (QED) is 0.686. The Morgan fingerprint density at radius 1 is 1.47 bits per heavy atom. The Kier molecular flexibility index (Phi) is 6.27. The van der Waals surface area contributed by atoms with Gasteiger partial charge in [-0.15, -0.1) is 0 Å². The van der Waals surface area contributed by atoms with Gasteiger partial charge in [-0.25, -0.2) is 0 Å². The molecule has 0 bridgehead atoms. The summed E-state index contributed by atoms with van der Waals surface area (Å²) in [6.45, 7) is 10.2. The minimum Gasteiger partial charge on any atom is -0.394 e. The Bertz CT molecular complexity index is 284. The first kappa shape index (κ1) is 16.4. The van der Waals surface area contributed by atoms with E-state index in [9.17, 15) is 9.90 Å². The molecule has 0 spiro atoms. The fourth-order valence-corrected chi connectivity index (χ4v) is 2.77. The van der Waals surface area contributed by atoms with Crippen molar-refractivity contribution in [3.8, 4) is 0 Å². The minimum absolute atomic E-state index is 0.0168. The predicted octanol–water partition coefficient (Wildman–Crippen LogP) is 1.54. The van der Waals surface area contributed by atoms with Crippen LogP contribution in [0.5, 0.6) is 0 Å². The number of hydrogen-bond acceptors (Lipinski definition) is 3. The predicted molar refractivity (Wildman–Crippen MR) is 77.8 cm³/mol. The summed E-state index contributed by atoms with van der Waals surface area (Å²) in [4.78, 5) is 12.5. The number of aliphatic hydroxyl groups is 1. The summed E-state index contributed by atoms with van der Waals surface area (Å²) < 4.78 is 0. The van der Waals surface area contributed by atoms with Crippen molar-refractivity contribution in [2.75, 3.05) is 19.7 Å². The van der Waals surface area contributed by atoms with Gasteiger partial charge < -0.3 is 15.7 Å². The van der Waals surface area contributed by atoms with Crippen LogP contribution in [-0.2, 0) is 4.79 Å². The number of amides is 1. The van der Waals surface area contributed by atoms with Crippen LogP contribution in [0.4, 0.5) is 0 Å². The SMILES string of the molecule is CC(C)CC(CO)NC(=O)C(C)(C)C1CCCNC1. The molecule has 19 heavy (non-hydrogen) atoms. The van der Waals surface area contributed by atoms with E-state index in [-0.39, 0.29) is 24.0 Å². The third-order valence-electron chi connectivity index (χ3n) is 4.21. The van der Waals surface area contributed by atoms with Crippen molar-refractivity contribution >= 4 is 5.91 Å². The Hall–Kier alpha value is -0.610. The first-order chi connectivity index (χ1) is 8.87. The maximum atomic E-state index is 12.5. The van der Waals surface area contributed by atoms with Gasteiger partial charge in [0.15, 0.2) is 0 Å². The molecule has 1 heterocycles. The van der Waals surface area contributed by atoms with Crippen molar-refractivity contribution in [2.24, 2.45) is 17.3 Å². The highest BCUT2D eigenvalue weighted by molar-refractivity contribution is 5.82. The number of hydrogen-bond donors (Lipinski definition) is 3. The summed E-state index contributed by atoms with van der Waals surface area (Å²) in [6, 6.07) is -0.122. The Morgan fingerprint density at radius 3 is 2.63 bits per heavy atom. The molecule has 0 aromatic rings. The zero-order valence-electron chi connectivity index (χ0n) is 12.8. The van der Waals surface area contributed by atoms with Gasteiger partial charge in [-0.3, -0.25) is 4.79 Å². The summed E-state index contributed by atoms with van der Waals surface area (Å²) >= 11 is 0. The van der Waals surface area contributed by atoms with E-state index >= 15 is 0 Å². The molecule has 0 saturated carbocycles. The van der Waals surface area contributed by atoms with Gasteiger partial charge in [0, 0.05) is 5.41 Å². The third kappa shape index (κ3) is 4.77. The van der Waals surface area contributed by atoms with E-state index in [0.717, 1.165) is 32.4 Å². The van der Waals surface area contributed by atoms with E-state index in [2.05, 4.69) is 24.5 Å². The van der Waals surface area contributed by atoms with Crippen molar-refractivity contribution in [3.05, 3.63) is 0 Å². The summed E-state index contributed by atoms with van der Waals surface area (Å²) in [6.07, 6.45) is 3.05. The lowest BCUT2D eigenvalue weighted by molar-refractivity contribution is -0.133. The van der Waals surface area contributed by atoms with Crippen molar-refractivity contribution < 1.29 is 9.90 Å². The number of carbonyl (C=O) groups excluding carboxylic acids is 1. The molecule has 1 aliphatic rings. The smallest absolute Gasteiger partial charge is 0.226 e. The van der Waals surface area contributed by atoms with Gasteiger partial charge in [-0.05, 0) is 44.2 Å². The van der Waals surface area contributed by atoms with Crippen molar-refractivity contribution in [1.29, 1.82) is 0 Å². The molecule has 1 fully saturated rings. The third-order valence-corrected chi connectivity index (χ3v) is 4.21. The number of aliphatic hydroxyl groups excluding tert-OH is 1. The molecule has 0 radical (unpaired) electrons. The highest BCUT2D eigenvalue weighted by Crippen LogP contribution is 2.32. The van der Waals surface area contributed by atoms with E-state index in [1.165, 1.54) is 0 Å². The molecule has 0 aromatic carbocycles. The molecule has 2 unspecified atom stereocenters. The van der Waals surface area contributed by atoms with Gasteiger partial charge in [0.2, 0.25) is 5.91 Å². The van der Waals surface area contributed by atoms with Gasteiger partial charge >= 0.3 is 0 Å². The average Bonchev–Trinajstić information content (AvgIpc) is 2.38. The van der Waals surface area contributed by atoms with Gasteiger partial charge in [0.25, 0.3) is 0 Å². The van der Waals surface area contributed by atoms with Crippen LogP contribution in [0.3, 0.4) is 0 Å². The van der Waals surface area contributed by atoms with Crippen LogP contribution in [0.2, 0.25) is 0 Å². The molecule has 1 amide bonds. The number of nitrogens with one attached hydrogen (secondary N) is 2. The molecule has 112 valence electrons. The molecule has 1 rings (SSSR count). The van der Waals surface area contributed by atoms with Crippen LogP contribution in [0.1, 0.15) is 47.0 Å². The highest BCUT2D eigenvalue weighted by atomic mass is 16.3. The van der Waals surface area contributed by atoms with E-state index in [0.29, 0.717) is 11.8 Å². The molecule has 1 aliphatic heterocycles. The van der Waals surface area contributed by atoms with Crippen LogP contribution >= 0.6 is 0 Å². The van der Waals surface area contributed by atoms with Crippen LogP contribution in [-0.4, -0.2) is 36.8 Å². The standard InChI is InChI=1S/C15H30N2O2/c1-11(2)8-13(10-18)17-14(19)15(3,4)12-6-5-7-16-9-12/h11-13,16,18H,5-10H2,1-4H3,(H,17,19). The summed E-state index contributed by atoms with van der Waals surface area (Å²) in [5.74, 6) is 0.914. The highest BCUT2D eigenvalue weighted by Gasteiger charge is 2.37. The topological polar surface area (TPSA) is 61.4 Å². The number of rotatable bonds is 6. The summed E-state index contributed by atoms with van der Waals surface area (Å²) in [5, 5.41) is 15.8. The van der Waals surface area contributed by atoms with Crippen LogP contribution in [0.25, 0.3) is 0 Å². The lowest BCUT2D eigenvalue weighted by Gasteiger charge is -2.37. The van der Waals surface area contributed by atoms with Crippen LogP contribution in [0, 0.1) is 17.3 Å². The lowest BCUT2D eigenvalue weighted by Crippen LogP contribution is -2.50. The minimum atomic E-state index is -0.377. The van der Waals surface area contributed by atoms with Crippen LogP contribution < -0.4 is 10.6 Å². The Labute approximate surface area is 117 Å². The Morgan fingerprint density at radius 2 is 2.16 bits per heavy atom. The van der Waals surface area contributed by atoms with E-state index in [1.807, 2.05) is 13.8 Å². The van der Waals surface area contributed by atoms with E-state index in [1.54, 1.807) is 0 Å². The van der Waals surface area contributed by atoms with Gasteiger partial charge in [-0.2, -0.15) is 0 Å². The fourth-order valence-electron chi connectivity index (χ4n) is 2.77. The molecule has 4 nitrogen and oxygen atoms in total. The molecule has 0 aromatic heterocycles. The second kappa shape index (κ2) is 7.25. The average molecular weight is 270 g/mol. The largest absolute Gasteiger partial charge is 0.394 e. The van der Waals surface area contributed by atoms with Crippen LogP contribution in [0.15, 0.2) is 0 Å². The Balaban J connectivity index is 2.58. The molecule has 1 saturated heterocycles. The molecular formula is C15H30N2O2. The fraction of sp³-hybridized carbons (Fsp3) is 0.933. The van der Waals surface area contributed by atoms with Crippen molar-refractivity contribution in [3.63, 3.8) is 0 Å². The van der Waals surface area contributed by atoms with Crippen molar-refractivity contribution in [2.45, 2.75) is 53.0 Å². The second-order valence-corrected chi connectivity index (χ2v) is 6.75. The van der Waals surface area contributed by atoms with E-state index in [4.69, 9.17) is 0 Å². The maximum Gasteiger partial charge on any atom is 0.226 e. The molecule has 4 heteroatoms. The number of carbonyl (C=O) groups is 1. The van der Waals surface area contributed by atoms with Gasteiger partial charge in [-0.1, -0.05) is 27.7 Å². The molecular weight excluding hydrogens is 240 g/mol. The normalized spacial score (nSPS) is 22.3. The molecule has 0 aliphatic carbocycles. The monoisotopic (exact) mass is 270 g/mol. The summed E-state index contributed by atoms with van der Waals surface area (Å²) in [5.41, 5.74) is -0.377. The lowest BCUT2D eigenvalue weighted by atomic mass is 9.74. The van der Waals surface area contributed by atoms with Gasteiger partial charge in [0.1, 0.15) is 0 Å². The van der Waals surface area contributed by atoms with Crippen molar-refractivity contribution in [1.82, 2.24) is 10.6 Å². The zero-order chi connectivity index (χ0) is 14.5. The molecule has 2 atom stereocenters. The second-order valence-electron chi connectivity index (χ2n) is 6.75. The number of piperidine rings is 1. The first-order valence-electron chi connectivity index (χ1n) is 7.50. The van der Waals surface area contributed by atoms with E-state index < -0.39 is 0 Å².